The normalized spacial score (nSPS) is 13.8. The molecule has 1 aliphatic rings. The third-order valence-electron chi connectivity index (χ3n) is 27.2. The Morgan fingerprint density at radius 3 is 1.34 bits per heavy atom. The van der Waals surface area contributed by atoms with E-state index in [1.54, 1.807) is 0 Å². The zero-order valence-corrected chi connectivity index (χ0v) is 66.3. The predicted molar refractivity (Wildman–Crippen MR) is 477 cm³/mol. The minimum absolute atomic E-state index is 0.0230. The van der Waals surface area contributed by atoms with E-state index in [0.717, 1.165) is 19.3 Å². The van der Waals surface area contributed by atoms with Gasteiger partial charge in [0.2, 0.25) is 0 Å². The van der Waals surface area contributed by atoms with Crippen molar-refractivity contribution in [2.24, 2.45) is 0 Å². The van der Waals surface area contributed by atoms with Crippen LogP contribution in [0, 0.1) is 0 Å². The van der Waals surface area contributed by atoms with Gasteiger partial charge in [-0.05, 0) is 286 Å². The summed E-state index contributed by atoms with van der Waals surface area (Å²) in [5.41, 5.74) is 31.1. The molecule has 0 atom stereocenters. The van der Waals surface area contributed by atoms with Crippen LogP contribution in [0.4, 0.5) is 0 Å². The fourth-order valence-corrected chi connectivity index (χ4v) is 22.1. The van der Waals surface area contributed by atoms with Gasteiger partial charge in [-0.2, -0.15) is 0 Å². The third-order valence-corrected chi connectivity index (χ3v) is 27.2. The molecular weight excluding hydrogens is 1330 g/mol. The van der Waals surface area contributed by atoms with Crippen LogP contribution in [0.2, 0.25) is 0 Å². The lowest BCUT2D eigenvalue weighted by Gasteiger charge is -2.29. The van der Waals surface area contributed by atoms with Gasteiger partial charge in [0.25, 0.3) is 0 Å². The maximum Gasteiger partial charge on any atom is 0.0621 e. The molecular formula is C107H91N3. The Morgan fingerprint density at radius 2 is 0.745 bits per heavy atom. The second kappa shape index (κ2) is 21.4. The summed E-state index contributed by atoms with van der Waals surface area (Å²) in [7, 11) is 0. The molecule has 2 bridgehead atoms. The number of nitrogens with zero attached hydrogens (tertiary/aromatic N) is 3. The van der Waals surface area contributed by atoms with Crippen molar-refractivity contribution >= 4 is 179 Å². The topological polar surface area (TPSA) is 13.2 Å². The van der Waals surface area contributed by atoms with Crippen LogP contribution in [-0.2, 0) is 40.9 Å². The van der Waals surface area contributed by atoms with Crippen LogP contribution in [0.1, 0.15) is 178 Å². The van der Waals surface area contributed by atoms with Gasteiger partial charge in [-0.1, -0.05) is 232 Å². The second-order valence-electron chi connectivity index (χ2n) is 37.9. The predicted octanol–water partition coefficient (Wildman–Crippen LogP) is 30.0. The van der Waals surface area contributed by atoms with E-state index in [4.69, 9.17) is 0 Å². The summed E-state index contributed by atoms with van der Waals surface area (Å²) >= 11 is 0. The van der Waals surface area contributed by atoms with Crippen molar-refractivity contribution < 1.29 is 0 Å². The molecule has 0 saturated carbocycles. The van der Waals surface area contributed by atoms with Crippen molar-refractivity contribution in [2.45, 2.75) is 164 Å². The highest BCUT2D eigenvalue weighted by atomic mass is 14.9. The van der Waals surface area contributed by atoms with E-state index in [-0.39, 0.29) is 27.6 Å². The lowest BCUT2D eigenvalue weighted by atomic mass is 9.74. The minimum Gasteiger partial charge on any atom is -0.308 e. The molecule has 6 heterocycles. The van der Waals surface area contributed by atoms with Gasteiger partial charge >= 0.3 is 0 Å². The summed E-state index contributed by atoms with van der Waals surface area (Å²) in [6.45, 7) is 38.4. The summed E-state index contributed by atoms with van der Waals surface area (Å²) in [6.07, 6.45) is 2.74. The highest BCUT2D eigenvalue weighted by molar-refractivity contribution is 6.39. The lowest BCUT2D eigenvalue weighted by Crippen LogP contribution is -2.20. The molecule has 0 N–H and O–H groups in total. The summed E-state index contributed by atoms with van der Waals surface area (Å²) in [6, 6.07) is 85.5. The van der Waals surface area contributed by atoms with Crippen LogP contribution >= 0.6 is 0 Å². The van der Waals surface area contributed by atoms with Crippen molar-refractivity contribution in [3.8, 4) is 22.3 Å². The van der Waals surface area contributed by atoms with Crippen molar-refractivity contribution in [1.82, 2.24) is 13.2 Å². The Kier molecular flexibility index (Phi) is 12.6. The summed E-state index contributed by atoms with van der Waals surface area (Å²) in [4.78, 5) is 0. The number of fused-ring (bicyclic) bond motifs is 32. The maximum atomic E-state index is 2.69. The Hall–Kier alpha value is -11.3. The van der Waals surface area contributed by atoms with E-state index in [9.17, 15) is 0 Å². The SMILES string of the molecule is CCc1c2cccc1-c1c(c(C(C)C)c3ccc4c5c(ccc1c35)c(C(C)C)c1c4c3cc(CC(C)(C)c4ccc5c(c4)c4cc(C(C)(C)C)cc6c7cc8c9ccccc9c9cc%10c%11cc(C(C)(C)C)cc%12c%13cc(C(C)(C)C)ccc%13n(c%10cc9c8cc7n5c46)c%12%11)cc4c5ccccc5n1c43)Cc1ccccc1-2. The van der Waals surface area contributed by atoms with E-state index >= 15 is 0 Å². The van der Waals surface area contributed by atoms with Gasteiger partial charge in [-0.25, -0.2) is 0 Å². The quantitative estimate of drug-likeness (QED) is 0.147. The molecule has 1 aliphatic carbocycles. The van der Waals surface area contributed by atoms with Gasteiger partial charge in [0.1, 0.15) is 0 Å². The highest BCUT2D eigenvalue weighted by Crippen LogP contribution is 2.56. The summed E-state index contributed by atoms with van der Waals surface area (Å²) < 4.78 is 7.95. The van der Waals surface area contributed by atoms with Crippen LogP contribution < -0.4 is 0 Å². The minimum atomic E-state index is -0.254. The molecule has 110 heavy (non-hydrogen) atoms. The summed E-state index contributed by atoms with van der Waals surface area (Å²) in [5.74, 6) is 0.566. The number of aromatic nitrogens is 3. The van der Waals surface area contributed by atoms with Crippen LogP contribution in [0.15, 0.2) is 212 Å². The molecule has 0 saturated heterocycles. The zero-order chi connectivity index (χ0) is 74.9. The van der Waals surface area contributed by atoms with Crippen molar-refractivity contribution in [3.05, 3.63) is 268 Å². The largest absolute Gasteiger partial charge is 0.308 e. The molecule has 0 radical (unpaired) electrons. The Balaban J connectivity index is 0.734. The van der Waals surface area contributed by atoms with Crippen LogP contribution in [0.25, 0.3) is 201 Å². The number of hydrogen-bond acceptors (Lipinski definition) is 0. The Bertz CT molecular complexity index is 7880. The Labute approximate surface area is 641 Å². The van der Waals surface area contributed by atoms with Gasteiger partial charge in [-0.15, -0.1) is 0 Å². The third kappa shape index (κ3) is 8.31. The monoisotopic (exact) mass is 1420 g/mol. The molecule has 534 valence electrons. The zero-order valence-electron chi connectivity index (χ0n) is 66.3. The molecule has 23 rings (SSSR count). The average Bonchev–Trinajstić information content (AvgIpc) is 1.49. The van der Waals surface area contributed by atoms with Crippen molar-refractivity contribution in [2.75, 3.05) is 0 Å². The molecule has 0 fully saturated rings. The van der Waals surface area contributed by atoms with Gasteiger partial charge in [0, 0.05) is 64.6 Å². The van der Waals surface area contributed by atoms with Crippen molar-refractivity contribution in [3.63, 3.8) is 0 Å². The maximum absolute atomic E-state index is 2.69. The molecule has 0 amide bonds. The van der Waals surface area contributed by atoms with E-state index in [2.05, 4.69) is 336 Å². The van der Waals surface area contributed by atoms with Gasteiger partial charge < -0.3 is 13.2 Å². The number of para-hydroxylation sites is 1. The molecule has 0 unspecified atom stereocenters. The van der Waals surface area contributed by atoms with Crippen molar-refractivity contribution in [1.29, 1.82) is 0 Å². The first-order valence-corrected chi connectivity index (χ1v) is 40.7. The van der Waals surface area contributed by atoms with Gasteiger partial charge in [0.15, 0.2) is 0 Å². The standard InChI is InChI=1S/C107H91N3/c1-17-63-65-30-24-31-69(63)96-72-37-36-71-95(56(4)5)103-99(73-38-35-70(97(72)98(71)73)94(55(2)3)87(96)43-58-25-18-19-26-64(58)65)88-42-57(41-82-68-29-22-23-32-89(68)110(103)102(82)88)54-107(15,16)60-34-40-91-79(45-60)84-47-62(106(12,13)14)49-86-81-51-75-67-28-21-20-27-66(67)74-50-80-85-48-61(105(9,10)11)46-83-78-44-59(104(6,7)8)33-39-90(78)108(100(83)85)92(80)52-76(74)77(75)53-93(81)109(91)101(84)86/h18-42,44-53,55-56H,17,43,54H2,1-16H3. The molecule has 0 aliphatic heterocycles. The van der Waals surface area contributed by atoms with Crippen LogP contribution in [0.5, 0.6) is 0 Å². The first-order valence-electron chi connectivity index (χ1n) is 40.7. The summed E-state index contributed by atoms with van der Waals surface area (Å²) in [5, 5.41) is 32.2. The van der Waals surface area contributed by atoms with E-state index < -0.39 is 0 Å². The van der Waals surface area contributed by atoms with Crippen LogP contribution in [0.3, 0.4) is 0 Å². The molecule has 0 spiro atoms. The molecule has 6 aromatic heterocycles. The molecule has 3 nitrogen and oxygen atoms in total. The fraction of sp³-hybridized carbons (Fsp3) is 0.234. The second-order valence-corrected chi connectivity index (χ2v) is 37.9. The van der Waals surface area contributed by atoms with Gasteiger partial charge in [-0.3, -0.25) is 0 Å². The molecule has 16 aromatic carbocycles. The number of benzene rings is 16. The average molecular weight is 1420 g/mol. The van der Waals surface area contributed by atoms with Gasteiger partial charge in [0.05, 0.1) is 49.7 Å². The highest BCUT2D eigenvalue weighted by Gasteiger charge is 2.35. The van der Waals surface area contributed by atoms with E-state index in [0.29, 0.717) is 5.92 Å². The first-order chi connectivity index (χ1) is 52.8. The number of rotatable bonds is 6. The first kappa shape index (κ1) is 64.7. The van der Waals surface area contributed by atoms with E-state index in [1.807, 2.05) is 0 Å². The fourth-order valence-electron chi connectivity index (χ4n) is 22.1. The Morgan fingerprint density at radius 1 is 0.300 bits per heavy atom. The lowest BCUT2D eigenvalue weighted by molar-refractivity contribution is 0.523. The smallest absolute Gasteiger partial charge is 0.0621 e. The molecule has 22 aromatic rings. The molecule has 3 heteroatoms. The van der Waals surface area contributed by atoms with E-state index in [1.165, 1.54) is 257 Å². The number of hydrogen-bond donors (Lipinski definition) is 0. The van der Waals surface area contributed by atoms with Crippen LogP contribution in [-0.4, -0.2) is 13.2 Å².